The third-order valence-corrected chi connectivity index (χ3v) is 3.42. The van der Waals surface area contributed by atoms with Gasteiger partial charge < -0.3 is 5.32 Å². The van der Waals surface area contributed by atoms with E-state index < -0.39 is 10.8 Å². The summed E-state index contributed by atoms with van der Waals surface area (Å²) < 4.78 is 11.0. The van der Waals surface area contributed by atoms with Crippen molar-refractivity contribution in [3.05, 3.63) is 12.7 Å². The third kappa shape index (κ3) is 6.96. The SMILES string of the molecule is C=CCCC(C)NCC(C)S(C)=O. The molecular weight excluding hydrogens is 182 g/mol. The first-order valence-electron chi connectivity index (χ1n) is 4.74. The molecule has 0 heterocycles. The molecule has 0 bridgehead atoms. The van der Waals surface area contributed by atoms with Crippen LogP contribution in [0.25, 0.3) is 0 Å². The van der Waals surface area contributed by atoms with Gasteiger partial charge in [0.15, 0.2) is 0 Å². The summed E-state index contributed by atoms with van der Waals surface area (Å²) in [6.07, 6.45) is 5.82. The van der Waals surface area contributed by atoms with Crippen molar-refractivity contribution in [3.8, 4) is 0 Å². The van der Waals surface area contributed by atoms with Gasteiger partial charge in [-0.05, 0) is 26.7 Å². The molecule has 2 nitrogen and oxygen atoms in total. The summed E-state index contributed by atoms with van der Waals surface area (Å²) in [6.45, 7) is 8.67. The van der Waals surface area contributed by atoms with Crippen molar-refractivity contribution >= 4 is 10.8 Å². The number of hydrogen-bond acceptors (Lipinski definition) is 2. The Morgan fingerprint density at radius 3 is 2.62 bits per heavy atom. The molecular formula is C10H21NOS. The van der Waals surface area contributed by atoms with E-state index in [0.29, 0.717) is 6.04 Å². The molecule has 0 aliphatic rings. The lowest BCUT2D eigenvalue weighted by Gasteiger charge is -2.15. The summed E-state index contributed by atoms with van der Waals surface area (Å²) in [5, 5.41) is 3.60. The van der Waals surface area contributed by atoms with Crippen molar-refractivity contribution in [1.29, 1.82) is 0 Å². The van der Waals surface area contributed by atoms with Crippen LogP contribution in [0.4, 0.5) is 0 Å². The predicted molar refractivity (Wildman–Crippen MR) is 60.4 cm³/mol. The summed E-state index contributed by atoms with van der Waals surface area (Å²) >= 11 is 0. The fourth-order valence-electron chi connectivity index (χ4n) is 0.954. The van der Waals surface area contributed by atoms with Gasteiger partial charge >= 0.3 is 0 Å². The molecule has 3 atom stereocenters. The van der Waals surface area contributed by atoms with Gasteiger partial charge in [-0.1, -0.05) is 6.08 Å². The van der Waals surface area contributed by atoms with E-state index in [4.69, 9.17) is 0 Å². The summed E-state index contributed by atoms with van der Waals surface area (Å²) in [4.78, 5) is 0. The van der Waals surface area contributed by atoms with E-state index in [-0.39, 0.29) is 5.25 Å². The van der Waals surface area contributed by atoms with E-state index in [9.17, 15) is 4.21 Å². The Bertz CT molecular complexity index is 170. The van der Waals surface area contributed by atoms with Gasteiger partial charge in [0, 0.05) is 34.9 Å². The monoisotopic (exact) mass is 203 g/mol. The van der Waals surface area contributed by atoms with Gasteiger partial charge in [0.1, 0.15) is 0 Å². The van der Waals surface area contributed by atoms with Crippen molar-refractivity contribution in [2.45, 2.75) is 38.0 Å². The van der Waals surface area contributed by atoms with Crippen LogP contribution in [0.15, 0.2) is 12.7 Å². The number of rotatable bonds is 7. The molecule has 0 spiro atoms. The molecule has 3 unspecified atom stereocenters. The van der Waals surface area contributed by atoms with E-state index in [1.165, 1.54) is 0 Å². The van der Waals surface area contributed by atoms with E-state index >= 15 is 0 Å². The molecule has 78 valence electrons. The second-order valence-electron chi connectivity index (χ2n) is 3.48. The normalized spacial score (nSPS) is 17.8. The first-order valence-corrected chi connectivity index (χ1v) is 6.36. The van der Waals surface area contributed by atoms with E-state index in [2.05, 4.69) is 18.8 Å². The Balaban J connectivity index is 3.50. The van der Waals surface area contributed by atoms with Crippen LogP contribution >= 0.6 is 0 Å². The lowest BCUT2D eigenvalue weighted by atomic mass is 10.2. The summed E-state index contributed by atoms with van der Waals surface area (Å²) in [5.74, 6) is 0. The van der Waals surface area contributed by atoms with Crippen LogP contribution in [0.5, 0.6) is 0 Å². The van der Waals surface area contributed by atoms with Gasteiger partial charge in [-0.15, -0.1) is 6.58 Å². The quantitative estimate of drug-likeness (QED) is 0.638. The van der Waals surface area contributed by atoms with Crippen molar-refractivity contribution in [3.63, 3.8) is 0 Å². The van der Waals surface area contributed by atoms with Crippen LogP contribution in [0.1, 0.15) is 26.7 Å². The summed E-state index contributed by atoms with van der Waals surface area (Å²) in [5.41, 5.74) is 0. The zero-order valence-corrected chi connectivity index (χ0v) is 9.69. The highest BCUT2D eigenvalue weighted by Gasteiger charge is 2.07. The van der Waals surface area contributed by atoms with E-state index in [1.807, 2.05) is 13.0 Å². The third-order valence-electron chi connectivity index (χ3n) is 2.12. The number of hydrogen-bond donors (Lipinski definition) is 1. The average molecular weight is 203 g/mol. The first kappa shape index (κ1) is 12.8. The molecule has 13 heavy (non-hydrogen) atoms. The number of allylic oxidation sites excluding steroid dienone is 1. The van der Waals surface area contributed by atoms with Gasteiger partial charge in [0.2, 0.25) is 0 Å². The lowest BCUT2D eigenvalue weighted by Crippen LogP contribution is -2.34. The Hall–Kier alpha value is -0.150. The van der Waals surface area contributed by atoms with Crippen LogP contribution in [-0.4, -0.2) is 28.3 Å². The van der Waals surface area contributed by atoms with E-state index in [1.54, 1.807) is 6.26 Å². The predicted octanol–water partition coefficient (Wildman–Crippen LogP) is 1.70. The van der Waals surface area contributed by atoms with Crippen LogP contribution in [0, 0.1) is 0 Å². The second kappa shape index (κ2) is 7.27. The highest BCUT2D eigenvalue weighted by atomic mass is 32.2. The maximum Gasteiger partial charge on any atom is 0.0441 e. The Morgan fingerprint density at radius 1 is 1.54 bits per heavy atom. The first-order chi connectivity index (χ1) is 6.07. The van der Waals surface area contributed by atoms with Crippen molar-refractivity contribution in [2.24, 2.45) is 0 Å². The Morgan fingerprint density at radius 2 is 2.15 bits per heavy atom. The zero-order chi connectivity index (χ0) is 10.3. The standard InChI is InChI=1S/C10H21NOS/c1-5-6-7-9(2)11-8-10(3)13(4)12/h5,9-11H,1,6-8H2,2-4H3. The minimum atomic E-state index is -0.715. The van der Waals surface area contributed by atoms with Crippen molar-refractivity contribution in [1.82, 2.24) is 5.32 Å². The molecule has 3 heteroatoms. The van der Waals surface area contributed by atoms with E-state index in [0.717, 1.165) is 19.4 Å². The number of nitrogens with one attached hydrogen (secondary N) is 1. The largest absolute Gasteiger partial charge is 0.313 e. The molecule has 0 radical (unpaired) electrons. The van der Waals surface area contributed by atoms with Crippen molar-refractivity contribution < 1.29 is 4.21 Å². The van der Waals surface area contributed by atoms with Crippen LogP contribution < -0.4 is 5.32 Å². The topological polar surface area (TPSA) is 29.1 Å². The van der Waals surface area contributed by atoms with Gasteiger partial charge in [0.05, 0.1) is 0 Å². The van der Waals surface area contributed by atoms with Crippen LogP contribution in [0.2, 0.25) is 0 Å². The molecule has 0 saturated heterocycles. The molecule has 0 saturated carbocycles. The fraction of sp³-hybridized carbons (Fsp3) is 0.800. The van der Waals surface area contributed by atoms with Crippen LogP contribution in [-0.2, 0) is 10.8 Å². The molecule has 0 aromatic heterocycles. The molecule has 0 aromatic rings. The van der Waals surface area contributed by atoms with Gasteiger partial charge in [-0.3, -0.25) is 4.21 Å². The lowest BCUT2D eigenvalue weighted by molar-refractivity contribution is 0.518. The maximum atomic E-state index is 11.0. The molecule has 0 aliphatic heterocycles. The molecule has 0 amide bonds. The smallest absolute Gasteiger partial charge is 0.0441 e. The Labute approximate surface area is 84.3 Å². The molecule has 0 aliphatic carbocycles. The fourth-order valence-corrected chi connectivity index (χ4v) is 1.29. The Kier molecular flexibility index (Phi) is 7.19. The maximum absolute atomic E-state index is 11.0. The zero-order valence-electron chi connectivity index (χ0n) is 8.88. The molecule has 1 N–H and O–H groups in total. The van der Waals surface area contributed by atoms with Crippen LogP contribution in [0.3, 0.4) is 0 Å². The summed E-state index contributed by atoms with van der Waals surface area (Å²) in [6, 6.07) is 0.490. The summed E-state index contributed by atoms with van der Waals surface area (Å²) in [7, 11) is -0.715. The van der Waals surface area contributed by atoms with Crippen molar-refractivity contribution in [2.75, 3.05) is 12.8 Å². The average Bonchev–Trinajstić information content (AvgIpc) is 2.10. The molecule has 0 fully saturated rings. The highest BCUT2D eigenvalue weighted by Crippen LogP contribution is 1.98. The second-order valence-corrected chi connectivity index (χ2v) is 5.29. The minimum Gasteiger partial charge on any atom is -0.313 e. The van der Waals surface area contributed by atoms with Gasteiger partial charge in [-0.2, -0.15) is 0 Å². The molecule has 0 aromatic carbocycles. The van der Waals surface area contributed by atoms with Gasteiger partial charge in [0.25, 0.3) is 0 Å². The minimum absolute atomic E-state index is 0.242. The van der Waals surface area contributed by atoms with Gasteiger partial charge in [-0.25, -0.2) is 0 Å². The highest BCUT2D eigenvalue weighted by molar-refractivity contribution is 7.84. The molecule has 0 rings (SSSR count).